The summed E-state index contributed by atoms with van der Waals surface area (Å²) in [5.74, 6) is 1.48. The van der Waals surface area contributed by atoms with E-state index in [4.69, 9.17) is 18.3 Å². The highest BCUT2D eigenvalue weighted by Crippen LogP contribution is 2.35. The minimum absolute atomic E-state index is 0.400. The van der Waals surface area contributed by atoms with Crippen molar-refractivity contribution in [2.24, 2.45) is 0 Å². The molecule has 144 valence electrons. The highest BCUT2D eigenvalue weighted by atomic mass is 16.5. The van der Waals surface area contributed by atoms with Gasteiger partial charge in [0, 0.05) is 25.0 Å². The van der Waals surface area contributed by atoms with Crippen LogP contribution in [-0.4, -0.2) is 19.3 Å². The normalized spacial score (nSPS) is 12.1. The third-order valence-corrected chi connectivity index (χ3v) is 4.88. The number of furan rings is 2. The Bertz CT molecular complexity index is 1050. The van der Waals surface area contributed by atoms with Gasteiger partial charge in [0.15, 0.2) is 0 Å². The van der Waals surface area contributed by atoms with E-state index in [1.54, 1.807) is 20.3 Å². The molecule has 0 saturated heterocycles. The molecular formula is C23H22O5. The van der Waals surface area contributed by atoms with Gasteiger partial charge in [-0.3, -0.25) is 0 Å². The van der Waals surface area contributed by atoms with Gasteiger partial charge in [-0.2, -0.15) is 0 Å². The molecule has 0 bridgehead atoms. The van der Waals surface area contributed by atoms with Crippen molar-refractivity contribution in [2.45, 2.75) is 18.8 Å². The summed E-state index contributed by atoms with van der Waals surface area (Å²) in [4.78, 5) is 0. The molecule has 28 heavy (non-hydrogen) atoms. The molecule has 0 fully saturated rings. The highest BCUT2D eigenvalue weighted by molar-refractivity contribution is 5.81. The van der Waals surface area contributed by atoms with Crippen molar-refractivity contribution in [3.05, 3.63) is 83.8 Å². The fourth-order valence-electron chi connectivity index (χ4n) is 3.50. The van der Waals surface area contributed by atoms with Crippen molar-refractivity contribution < 1.29 is 23.4 Å². The molecule has 0 unspecified atom stereocenters. The van der Waals surface area contributed by atoms with Crippen LogP contribution in [0.25, 0.3) is 21.9 Å². The lowest BCUT2D eigenvalue weighted by molar-refractivity contribution is 0.135. The van der Waals surface area contributed by atoms with Crippen molar-refractivity contribution in [3.63, 3.8) is 0 Å². The molecule has 0 radical (unpaired) electrons. The van der Waals surface area contributed by atoms with Gasteiger partial charge in [0.1, 0.15) is 41.5 Å². The standard InChI is InChI=1S/C23H22O5/c1-4-23(24,17-5-7-21-15(9-17)11-19(27-21)13-25-2)18-6-8-22-16(10-18)12-20(28-22)14-26-3/h4-12,24H,1,13-14H2,2-3H3. The number of hydrogen-bond donors (Lipinski definition) is 1. The molecule has 4 aromatic rings. The fraction of sp³-hybridized carbons (Fsp3) is 0.217. The number of rotatable bonds is 7. The molecule has 4 rings (SSSR count). The topological polar surface area (TPSA) is 65.0 Å². The molecule has 0 aliphatic carbocycles. The van der Waals surface area contributed by atoms with Crippen LogP contribution in [0.2, 0.25) is 0 Å². The Hall–Kier alpha value is -2.86. The number of ether oxygens (including phenoxy) is 2. The lowest BCUT2D eigenvalue weighted by Gasteiger charge is -2.25. The van der Waals surface area contributed by atoms with E-state index >= 15 is 0 Å². The first kappa shape index (κ1) is 18.5. The maximum atomic E-state index is 11.5. The first-order valence-electron chi connectivity index (χ1n) is 8.97. The molecule has 0 aliphatic rings. The van der Waals surface area contributed by atoms with Gasteiger partial charge >= 0.3 is 0 Å². The lowest BCUT2D eigenvalue weighted by atomic mass is 9.85. The van der Waals surface area contributed by atoms with Gasteiger partial charge in [-0.05, 0) is 47.5 Å². The second kappa shape index (κ2) is 7.28. The Morgan fingerprint density at radius 1 is 0.857 bits per heavy atom. The molecule has 0 aliphatic heterocycles. The average molecular weight is 378 g/mol. The van der Waals surface area contributed by atoms with Crippen molar-refractivity contribution in [2.75, 3.05) is 14.2 Å². The Morgan fingerprint density at radius 3 is 1.71 bits per heavy atom. The molecule has 0 amide bonds. The number of benzene rings is 2. The maximum Gasteiger partial charge on any atom is 0.134 e. The number of hydrogen-bond acceptors (Lipinski definition) is 5. The predicted octanol–water partition coefficient (Wildman–Crippen LogP) is 4.89. The predicted molar refractivity (Wildman–Crippen MR) is 107 cm³/mol. The summed E-state index contributed by atoms with van der Waals surface area (Å²) in [6.07, 6.45) is 1.54. The first-order chi connectivity index (χ1) is 13.6. The average Bonchev–Trinajstić information content (AvgIpc) is 3.29. The van der Waals surface area contributed by atoms with E-state index in [0.29, 0.717) is 24.3 Å². The summed E-state index contributed by atoms with van der Waals surface area (Å²) in [5.41, 5.74) is 1.56. The van der Waals surface area contributed by atoms with E-state index in [-0.39, 0.29) is 0 Å². The molecule has 1 N–H and O–H groups in total. The third kappa shape index (κ3) is 3.14. The monoisotopic (exact) mass is 378 g/mol. The summed E-state index contributed by atoms with van der Waals surface area (Å²) in [5, 5.41) is 13.3. The number of aliphatic hydroxyl groups is 1. The van der Waals surface area contributed by atoms with Crippen LogP contribution in [-0.2, 0) is 28.3 Å². The lowest BCUT2D eigenvalue weighted by Crippen LogP contribution is -2.24. The molecule has 2 aromatic carbocycles. The first-order valence-corrected chi connectivity index (χ1v) is 8.97. The van der Waals surface area contributed by atoms with E-state index < -0.39 is 5.60 Å². The van der Waals surface area contributed by atoms with Crippen molar-refractivity contribution in [1.82, 2.24) is 0 Å². The molecule has 0 spiro atoms. The van der Waals surface area contributed by atoms with Crippen molar-refractivity contribution in [3.8, 4) is 0 Å². The number of fused-ring (bicyclic) bond motifs is 2. The zero-order chi connectivity index (χ0) is 19.7. The van der Waals surface area contributed by atoms with Gasteiger partial charge in [0.2, 0.25) is 0 Å². The largest absolute Gasteiger partial charge is 0.459 e. The molecule has 0 atom stereocenters. The van der Waals surface area contributed by atoms with Gasteiger partial charge in [0.05, 0.1) is 0 Å². The SMILES string of the molecule is C=CC(O)(c1ccc2oc(COC)cc2c1)c1ccc2oc(COC)cc2c1. The molecule has 0 saturated carbocycles. The second-order valence-corrected chi connectivity index (χ2v) is 6.77. The van der Waals surface area contributed by atoms with E-state index in [1.807, 2.05) is 48.5 Å². The van der Waals surface area contributed by atoms with Crippen LogP contribution in [0, 0.1) is 0 Å². The second-order valence-electron chi connectivity index (χ2n) is 6.77. The molecular weight excluding hydrogens is 356 g/mol. The molecule has 2 heterocycles. The maximum absolute atomic E-state index is 11.5. The fourth-order valence-corrected chi connectivity index (χ4v) is 3.50. The summed E-state index contributed by atoms with van der Waals surface area (Å²) < 4.78 is 21.7. The Kier molecular flexibility index (Phi) is 4.81. The van der Waals surface area contributed by atoms with Gasteiger partial charge in [-0.25, -0.2) is 0 Å². The summed E-state index contributed by atoms with van der Waals surface area (Å²) in [6.45, 7) is 4.68. The highest BCUT2D eigenvalue weighted by Gasteiger charge is 2.29. The van der Waals surface area contributed by atoms with Crippen molar-refractivity contribution in [1.29, 1.82) is 0 Å². The Labute approximate surface area is 162 Å². The zero-order valence-electron chi connectivity index (χ0n) is 15.9. The van der Waals surface area contributed by atoms with Crippen LogP contribution in [0.5, 0.6) is 0 Å². The number of methoxy groups -OCH3 is 2. The van der Waals surface area contributed by atoms with Crippen LogP contribution in [0.4, 0.5) is 0 Å². The van der Waals surface area contributed by atoms with Crippen LogP contribution in [0.1, 0.15) is 22.6 Å². The minimum Gasteiger partial charge on any atom is -0.459 e. The van der Waals surface area contributed by atoms with E-state index in [1.165, 1.54) is 0 Å². The summed E-state index contributed by atoms with van der Waals surface area (Å²) in [7, 11) is 3.25. The third-order valence-electron chi connectivity index (χ3n) is 4.88. The van der Waals surface area contributed by atoms with Crippen LogP contribution < -0.4 is 0 Å². The van der Waals surface area contributed by atoms with Gasteiger partial charge < -0.3 is 23.4 Å². The van der Waals surface area contributed by atoms with E-state index in [0.717, 1.165) is 33.5 Å². The molecule has 2 aromatic heterocycles. The minimum atomic E-state index is -1.35. The van der Waals surface area contributed by atoms with E-state index in [2.05, 4.69) is 6.58 Å². The van der Waals surface area contributed by atoms with Crippen LogP contribution in [0.3, 0.4) is 0 Å². The Balaban J connectivity index is 1.78. The summed E-state index contributed by atoms with van der Waals surface area (Å²) in [6, 6.07) is 15.1. The van der Waals surface area contributed by atoms with Crippen molar-refractivity contribution >= 4 is 21.9 Å². The van der Waals surface area contributed by atoms with Gasteiger partial charge in [-0.1, -0.05) is 24.8 Å². The van der Waals surface area contributed by atoms with Crippen LogP contribution >= 0.6 is 0 Å². The zero-order valence-corrected chi connectivity index (χ0v) is 15.9. The van der Waals surface area contributed by atoms with Gasteiger partial charge in [-0.15, -0.1) is 0 Å². The van der Waals surface area contributed by atoms with Gasteiger partial charge in [0.25, 0.3) is 0 Å². The summed E-state index contributed by atoms with van der Waals surface area (Å²) >= 11 is 0. The Morgan fingerprint density at radius 2 is 1.32 bits per heavy atom. The molecule has 5 nitrogen and oxygen atoms in total. The smallest absolute Gasteiger partial charge is 0.134 e. The quantitative estimate of drug-likeness (QED) is 0.464. The van der Waals surface area contributed by atoms with E-state index in [9.17, 15) is 5.11 Å². The molecule has 5 heteroatoms. The van der Waals surface area contributed by atoms with Crippen LogP contribution in [0.15, 0.2) is 70.0 Å².